The molecule has 1 aliphatic heterocycles. The summed E-state index contributed by atoms with van der Waals surface area (Å²) in [7, 11) is 0. The number of nitrogens with zero attached hydrogens (tertiary/aromatic N) is 2. The van der Waals surface area contributed by atoms with E-state index in [4.69, 9.17) is 4.74 Å². The third kappa shape index (κ3) is 1.63. The van der Waals surface area contributed by atoms with E-state index in [1.165, 1.54) is 6.92 Å². The molecule has 17 heavy (non-hydrogen) atoms. The van der Waals surface area contributed by atoms with Crippen LogP contribution in [0.3, 0.4) is 0 Å². The number of pyridine rings is 1. The van der Waals surface area contributed by atoms with Crippen LogP contribution in [0.4, 0.5) is 5.82 Å². The molecule has 1 N–H and O–H groups in total. The van der Waals surface area contributed by atoms with Crippen LogP contribution in [-0.2, 0) is 9.53 Å². The van der Waals surface area contributed by atoms with Crippen molar-refractivity contribution in [2.45, 2.75) is 19.4 Å². The van der Waals surface area contributed by atoms with Gasteiger partial charge in [0.25, 0.3) is 0 Å². The molecule has 5 heteroatoms. The molecule has 1 unspecified atom stereocenters. The van der Waals surface area contributed by atoms with E-state index >= 15 is 0 Å². The van der Waals surface area contributed by atoms with E-state index in [1.54, 1.807) is 0 Å². The van der Waals surface area contributed by atoms with E-state index in [0.717, 1.165) is 30.1 Å². The summed E-state index contributed by atoms with van der Waals surface area (Å²) < 4.78 is 7.27. The van der Waals surface area contributed by atoms with Crippen LogP contribution in [0.25, 0.3) is 5.65 Å². The van der Waals surface area contributed by atoms with E-state index in [1.807, 2.05) is 28.8 Å². The predicted octanol–water partition coefficient (Wildman–Crippen LogP) is 1.75. The zero-order valence-electron chi connectivity index (χ0n) is 9.51. The Kier molecular flexibility index (Phi) is 2.24. The Morgan fingerprint density at radius 3 is 3.29 bits per heavy atom. The maximum absolute atomic E-state index is 11.1. The lowest BCUT2D eigenvalue weighted by Crippen LogP contribution is -2.20. The smallest absolute Gasteiger partial charge is 0.303 e. The van der Waals surface area contributed by atoms with Gasteiger partial charge in [-0.15, -0.1) is 0 Å². The zero-order valence-corrected chi connectivity index (χ0v) is 9.51. The van der Waals surface area contributed by atoms with Crippen LogP contribution in [0, 0.1) is 0 Å². The molecule has 5 nitrogen and oxygen atoms in total. The molecule has 88 valence electrons. The normalized spacial score (nSPS) is 18.5. The molecule has 0 amide bonds. The van der Waals surface area contributed by atoms with Gasteiger partial charge in [-0.05, 0) is 12.1 Å². The van der Waals surface area contributed by atoms with Gasteiger partial charge in [0.1, 0.15) is 23.3 Å². The van der Waals surface area contributed by atoms with Gasteiger partial charge in [-0.2, -0.15) is 0 Å². The van der Waals surface area contributed by atoms with Gasteiger partial charge in [-0.1, -0.05) is 6.07 Å². The summed E-state index contributed by atoms with van der Waals surface area (Å²) in [6, 6.07) is 5.82. The molecule has 3 heterocycles. The molecule has 0 bridgehead atoms. The lowest BCUT2D eigenvalue weighted by atomic mass is 10.1. The molecular weight excluding hydrogens is 218 g/mol. The molecule has 0 saturated heterocycles. The first kappa shape index (κ1) is 10.1. The predicted molar refractivity (Wildman–Crippen MR) is 62.8 cm³/mol. The number of esters is 1. The summed E-state index contributed by atoms with van der Waals surface area (Å²) in [5.41, 5.74) is 1.68. The highest BCUT2D eigenvalue weighted by molar-refractivity contribution is 5.67. The molecule has 2 aromatic rings. The van der Waals surface area contributed by atoms with Crippen LogP contribution in [-0.4, -0.2) is 21.9 Å². The van der Waals surface area contributed by atoms with E-state index in [2.05, 4.69) is 10.3 Å². The van der Waals surface area contributed by atoms with Gasteiger partial charge in [-0.3, -0.25) is 9.20 Å². The van der Waals surface area contributed by atoms with Crippen LogP contribution >= 0.6 is 0 Å². The second kappa shape index (κ2) is 3.76. The lowest BCUT2D eigenvalue weighted by Gasteiger charge is -2.22. The first-order valence-electron chi connectivity index (χ1n) is 5.64. The fourth-order valence-electron chi connectivity index (χ4n) is 2.19. The van der Waals surface area contributed by atoms with Crippen molar-refractivity contribution < 1.29 is 9.53 Å². The van der Waals surface area contributed by atoms with Crippen LogP contribution in [0.5, 0.6) is 0 Å². The monoisotopic (exact) mass is 231 g/mol. The summed E-state index contributed by atoms with van der Waals surface area (Å²) in [5.74, 6) is 0.665. The van der Waals surface area contributed by atoms with Crippen molar-refractivity contribution in [3.63, 3.8) is 0 Å². The number of aromatic nitrogens is 2. The second-order valence-electron chi connectivity index (χ2n) is 4.09. The zero-order chi connectivity index (χ0) is 11.8. The number of rotatable bonds is 1. The Labute approximate surface area is 98.4 Å². The molecule has 1 atom stereocenters. The van der Waals surface area contributed by atoms with Gasteiger partial charge >= 0.3 is 5.97 Å². The van der Waals surface area contributed by atoms with Gasteiger partial charge in [0.05, 0.1) is 0 Å². The average Bonchev–Trinajstić information content (AvgIpc) is 2.68. The first-order chi connectivity index (χ1) is 8.25. The van der Waals surface area contributed by atoms with Gasteiger partial charge in [0.15, 0.2) is 0 Å². The molecule has 3 rings (SSSR count). The van der Waals surface area contributed by atoms with E-state index < -0.39 is 0 Å². The second-order valence-corrected chi connectivity index (χ2v) is 4.09. The molecule has 2 aromatic heterocycles. The van der Waals surface area contributed by atoms with E-state index in [-0.39, 0.29) is 12.1 Å². The summed E-state index contributed by atoms with van der Waals surface area (Å²) in [5, 5.41) is 3.30. The van der Waals surface area contributed by atoms with E-state index in [9.17, 15) is 4.79 Å². The summed E-state index contributed by atoms with van der Waals surface area (Å²) >= 11 is 0. The number of nitrogens with one attached hydrogen (secondary N) is 1. The standard InChI is InChI=1S/C12H13N3O2/c1-8(16)17-9-5-6-13-12-11(9)14-10-4-2-3-7-15(10)12/h2-4,7,9,13H,5-6H2,1H3. The van der Waals surface area contributed by atoms with Crippen molar-refractivity contribution in [3.05, 3.63) is 30.1 Å². The molecule has 1 aliphatic rings. The molecular formula is C12H13N3O2. The van der Waals surface area contributed by atoms with Crippen molar-refractivity contribution in [3.8, 4) is 0 Å². The molecule has 0 fully saturated rings. The Hall–Kier alpha value is -2.04. The first-order valence-corrected chi connectivity index (χ1v) is 5.64. The lowest BCUT2D eigenvalue weighted by molar-refractivity contribution is -0.147. The van der Waals surface area contributed by atoms with Crippen LogP contribution in [0.2, 0.25) is 0 Å². The Balaban J connectivity index is 2.10. The summed E-state index contributed by atoms with van der Waals surface area (Å²) in [6.45, 7) is 2.21. The van der Waals surface area contributed by atoms with Crippen molar-refractivity contribution >= 4 is 17.4 Å². The van der Waals surface area contributed by atoms with Gasteiger partial charge in [0, 0.05) is 26.1 Å². The van der Waals surface area contributed by atoms with Crippen molar-refractivity contribution in [2.75, 3.05) is 11.9 Å². The van der Waals surface area contributed by atoms with Crippen molar-refractivity contribution in [1.82, 2.24) is 9.38 Å². The van der Waals surface area contributed by atoms with Crippen LogP contribution in [0.1, 0.15) is 25.1 Å². The Bertz CT molecular complexity index is 576. The Morgan fingerprint density at radius 2 is 2.47 bits per heavy atom. The largest absolute Gasteiger partial charge is 0.456 e. The highest BCUT2D eigenvalue weighted by atomic mass is 16.5. The number of carbonyl (C=O) groups excluding carboxylic acids is 1. The van der Waals surface area contributed by atoms with Gasteiger partial charge in [0.2, 0.25) is 0 Å². The number of imidazole rings is 1. The highest BCUT2D eigenvalue weighted by Gasteiger charge is 2.27. The number of ether oxygens (including phenoxy) is 1. The van der Waals surface area contributed by atoms with Crippen LogP contribution < -0.4 is 5.32 Å². The van der Waals surface area contributed by atoms with E-state index in [0.29, 0.717) is 0 Å². The number of hydrogen-bond donors (Lipinski definition) is 1. The van der Waals surface area contributed by atoms with Crippen molar-refractivity contribution in [1.29, 1.82) is 0 Å². The summed E-state index contributed by atoms with van der Waals surface area (Å²) in [4.78, 5) is 15.6. The minimum atomic E-state index is -0.264. The fraction of sp³-hybridized carbons (Fsp3) is 0.333. The SMILES string of the molecule is CC(=O)OC1CCNc2c1nc1ccccn21. The highest BCUT2D eigenvalue weighted by Crippen LogP contribution is 2.32. The molecule has 0 saturated carbocycles. The maximum atomic E-state index is 11.1. The quantitative estimate of drug-likeness (QED) is 0.760. The average molecular weight is 231 g/mol. The molecule has 0 spiro atoms. The number of anilines is 1. The number of hydrogen-bond acceptors (Lipinski definition) is 4. The number of carbonyl (C=O) groups is 1. The maximum Gasteiger partial charge on any atom is 0.303 e. The molecule has 0 aromatic carbocycles. The number of fused-ring (bicyclic) bond motifs is 3. The molecule has 0 aliphatic carbocycles. The minimum Gasteiger partial charge on any atom is -0.456 e. The Morgan fingerprint density at radius 1 is 1.59 bits per heavy atom. The van der Waals surface area contributed by atoms with Crippen molar-refractivity contribution in [2.24, 2.45) is 0 Å². The van der Waals surface area contributed by atoms with Crippen LogP contribution in [0.15, 0.2) is 24.4 Å². The third-order valence-electron chi connectivity index (χ3n) is 2.87. The van der Waals surface area contributed by atoms with Gasteiger partial charge < -0.3 is 10.1 Å². The summed E-state index contributed by atoms with van der Waals surface area (Å²) in [6.07, 6.45) is 2.48. The van der Waals surface area contributed by atoms with Gasteiger partial charge in [-0.25, -0.2) is 4.98 Å². The topological polar surface area (TPSA) is 55.6 Å². The minimum absolute atomic E-state index is 0.233. The third-order valence-corrected chi connectivity index (χ3v) is 2.87. The fourth-order valence-corrected chi connectivity index (χ4v) is 2.19. The molecule has 0 radical (unpaired) electrons.